The van der Waals surface area contributed by atoms with Gasteiger partial charge in [-0.3, -0.25) is 34.4 Å². The van der Waals surface area contributed by atoms with Crippen molar-refractivity contribution in [2.45, 2.75) is 75.9 Å². The van der Waals surface area contributed by atoms with Crippen LogP contribution < -0.4 is 5.32 Å². The lowest BCUT2D eigenvalue weighted by molar-refractivity contribution is -0.492. The molecule has 0 bridgehead atoms. The van der Waals surface area contributed by atoms with Crippen molar-refractivity contribution in [2.24, 2.45) is 28.6 Å². The number of nitrogens with one attached hydrogen (secondary N) is 1. The number of nitrogens with zero attached hydrogens (tertiary/aromatic N) is 1. The van der Waals surface area contributed by atoms with Gasteiger partial charge in [0.15, 0.2) is 12.4 Å². The molecule has 0 aromatic carbocycles. The molecule has 0 radical (unpaired) electrons. The molecule has 4 aliphatic carbocycles. The minimum absolute atomic E-state index is 0.0486. The van der Waals surface area contributed by atoms with Crippen molar-refractivity contribution in [3.63, 3.8) is 0 Å². The molecule has 0 saturated heterocycles. The molecule has 41 heavy (non-hydrogen) atoms. The van der Waals surface area contributed by atoms with Gasteiger partial charge in [0.05, 0.1) is 23.0 Å². The van der Waals surface area contributed by atoms with E-state index in [1.165, 1.54) is 6.08 Å². The molecule has 228 valence electrons. The summed E-state index contributed by atoms with van der Waals surface area (Å²) in [6.45, 7) is 4.18. The largest absolute Gasteiger partial charge is 0.456 e. The topological polar surface area (TPSA) is 183 Å². The first-order valence-electron chi connectivity index (χ1n) is 13.9. The van der Waals surface area contributed by atoms with E-state index in [0.29, 0.717) is 19.3 Å². The lowest BCUT2D eigenvalue weighted by Gasteiger charge is -2.63. The van der Waals surface area contributed by atoms with E-state index in [0.717, 1.165) is 5.57 Å². The molecule has 4 aliphatic rings. The van der Waals surface area contributed by atoms with Gasteiger partial charge in [-0.05, 0) is 62.0 Å². The van der Waals surface area contributed by atoms with Gasteiger partial charge in [0.2, 0.25) is 11.7 Å². The Labute approximate surface area is 243 Å². The van der Waals surface area contributed by atoms with E-state index in [2.05, 4.69) is 10.2 Å². The summed E-state index contributed by atoms with van der Waals surface area (Å²) in [5.74, 6) is -3.11. The highest BCUT2D eigenvalue weighted by molar-refractivity contribution is 6.26. The highest BCUT2D eigenvalue weighted by atomic mass is 35.5. The Hall–Kier alpha value is -2.19. The van der Waals surface area contributed by atoms with Crippen LogP contribution in [0.4, 0.5) is 0 Å². The minimum atomic E-state index is -1.89. The Morgan fingerprint density at radius 3 is 2.61 bits per heavy atom. The fourth-order valence-electron chi connectivity index (χ4n) is 8.09. The number of halogens is 1. The summed E-state index contributed by atoms with van der Waals surface area (Å²) in [7, 11) is 0. The smallest absolute Gasteiger partial charge is 0.325 e. The summed E-state index contributed by atoms with van der Waals surface area (Å²) in [4.78, 5) is 52.9. The van der Waals surface area contributed by atoms with Crippen LogP contribution in [0.3, 0.4) is 0 Å². The van der Waals surface area contributed by atoms with Crippen LogP contribution in [-0.2, 0) is 28.8 Å². The number of hydrogen-bond donors (Lipinski definition) is 5. The van der Waals surface area contributed by atoms with Gasteiger partial charge in [-0.2, -0.15) is 0 Å². The molecule has 1 unspecified atom stereocenters. The van der Waals surface area contributed by atoms with Crippen molar-refractivity contribution in [1.82, 2.24) is 10.7 Å². The highest BCUT2D eigenvalue weighted by Crippen LogP contribution is 2.71. The molecule has 4 rings (SSSR count). The van der Waals surface area contributed by atoms with Crippen LogP contribution in [0.2, 0.25) is 0 Å². The molecule has 8 atom stereocenters. The van der Waals surface area contributed by atoms with Gasteiger partial charge in [-0.15, -0.1) is 11.6 Å². The second-order valence-electron chi connectivity index (χ2n) is 12.2. The molecular weight excluding hydrogens is 560 g/mol. The van der Waals surface area contributed by atoms with Gasteiger partial charge in [0.25, 0.3) is 0 Å². The van der Waals surface area contributed by atoms with Crippen molar-refractivity contribution in [1.29, 1.82) is 0 Å². The van der Waals surface area contributed by atoms with Crippen molar-refractivity contribution >= 4 is 35.0 Å². The zero-order valence-corrected chi connectivity index (χ0v) is 24.2. The molecule has 0 aliphatic heterocycles. The van der Waals surface area contributed by atoms with E-state index in [-0.39, 0.29) is 43.5 Å². The number of amides is 1. The average Bonchev–Trinajstić information content (AvgIpc) is 3.11. The number of carbonyl (C=O) groups is 4. The maximum atomic E-state index is 13.5. The predicted octanol–water partition coefficient (Wildman–Crippen LogP) is 1.62. The summed E-state index contributed by atoms with van der Waals surface area (Å²) >= 11 is 7.40. The number of carbonyl (C=O) groups excluding carboxylic acids is 4. The molecule has 0 heterocycles. The summed E-state index contributed by atoms with van der Waals surface area (Å²) in [6.07, 6.45) is 5.64. The number of esters is 1. The third kappa shape index (κ3) is 5.17. The van der Waals surface area contributed by atoms with Crippen LogP contribution in [0.15, 0.2) is 23.8 Å². The van der Waals surface area contributed by atoms with Gasteiger partial charge in [-0.1, -0.05) is 32.4 Å². The fourth-order valence-corrected chi connectivity index (χ4v) is 8.61. The molecule has 13 heteroatoms. The van der Waals surface area contributed by atoms with Gasteiger partial charge < -0.3 is 20.3 Å². The van der Waals surface area contributed by atoms with Crippen LogP contribution >= 0.6 is 11.6 Å². The first-order valence-corrected chi connectivity index (χ1v) is 14.3. The first-order chi connectivity index (χ1) is 19.1. The fraction of sp³-hybridized carbons (Fsp3) is 0.714. The van der Waals surface area contributed by atoms with E-state index in [9.17, 15) is 29.4 Å². The Morgan fingerprint density at radius 2 is 1.93 bits per heavy atom. The zero-order valence-electron chi connectivity index (χ0n) is 23.5. The molecule has 5 N–H and O–H groups in total. The van der Waals surface area contributed by atoms with Gasteiger partial charge in [0, 0.05) is 17.3 Å². The van der Waals surface area contributed by atoms with Crippen molar-refractivity contribution < 1.29 is 49.4 Å². The molecule has 3 saturated carbocycles. The lowest BCUT2D eigenvalue weighted by atomic mass is 9.45. The highest BCUT2D eigenvalue weighted by Gasteiger charge is 2.74. The number of Topliss-reactive ketones (excluding diaryl/α,β-unsaturated/α-hetero) is 1. The second kappa shape index (κ2) is 11.5. The maximum absolute atomic E-state index is 13.5. The van der Waals surface area contributed by atoms with Crippen molar-refractivity contribution in [3.8, 4) is 0 Å². The first kappa shape index (κ1) is 31.7. The van der Waals surface area contributed by atoms with Gasteiger partial charge >= 0.3 is 5.97 Å². The van der Waals surface area contributed by atoms with Crippen LogP contribution in [0.5, 0.6) is 0 Å². The summed E-state index contributed by atoms with van der Waals surface area (Å²) in [6, 6.07) is 0. The number of alkyl halides is 1. The predicted molar refractivity (Wildman–Crippen MR) is 142 cm³/mol. The van der Waals surface area contributed by atoms with Crippen LogP contribution in [0, 0.1) is 28.6 Å². The third-order valence-electron chi connectivity index (χ3n) is 10.2. The number of ether oxygens (including phenoxy) is 1. The van der Waals surface area contributed by atoms with E-state index < -0.39 is 69.5 Å². The minimum Gasteiger partial charge on any atom is -0.456 e. The standard InChI is InChI=1S/C28H39ClN2O10/c1-16-11-20-19-7-6-17-12-18(32)8-9-25(17,2)27(19,29)21(33)13-26(20,3)28(16,37)22(34)15-40-24(36)14-30-23(35)5-4-10-41-31(38)39/h8-9,12,16,19-21,33,37-39H,4-7,10-11,13-15H2,1-3H3,(H,30,35)/t16-,19-,20-,21-,25-,26-,27-,28?/m0/s1. The quantitative estimate of drug-likeness (QED) is 0.107. The Balaban J connectivity index is 1.42. The van der Waals surface area contributed by atoms with Crippen LogP contribution in [-0.4, -0.2) is 85.8 Å². The van der Waals surface area contributed by atoms with Crippen LogP contribution in [0.25, 0.3) is 0 Å². The monoisotopic (exact) mass is 598 g/mol. The third-order valence-corrected chi connectivity index (χ3v) is 11.1. The molecule has 12 nitrogen and oxygen atoms in total. The molecule has 1 amide bonds. The maximum Gasteiger partial charge on any atom is 0.325 e. The number of allylic oxidation sites excluding steroid dienone is 4. The second-order valence-corrected chi connectivity index (χ2v) is 12.8. The van der Waals surface area contributed by atoms with Crippen molar-refractivity contribution in [2.75, 3.05) is 19.8 Å². The molecule has 3 fully saturated rings. The number of rotatable bonds is 10. The van der Waals surface area contributed by atoms with Gasteiger partial charge in [-0.25, -0.2) is 0 Å². The van der Waals surface area contributed by atoms with E-state index in [1.54, 1.807) is 26.0 Å². The van der Waals surface area contributed by atoms with Gasteiger partial charge in [0.1, 0.15) is 12.1 Å². The Bertz CT molecular complexity index is 1160. The number of aliphatic hydroxyl groups is 2. The Kier molecular flexibility index (Phi) is 8.89. The zero-order chi connectivity index (χ0) is 30.4. The van der Waals surface area contributed by atoms with E-state index >= 15 is 0 Å². The lowest BCUT2D eigenvalue weighted by Crippen LogP contribution is -2.69. The normalized spacial score (nSPS) is 39.4. The molecular formula is C28H39ClN2O10. The summed E-state index contributed by atoms with van der Waals surface area (Å²) < 4.78 is 5.11. The van der Waals surface area contributed by atoms with E-state index in [4.69, 9.17) is 26.8 Å². The molecule has 0 spiro atoms. The van der Waals surface area contributed by atoms with Crippen LogP contribution in [0.1, 0.15) is 59.3 Å². The number of aliphatic hydroxyl groups excluding tert-OH is 1. The van der Waals surface area contributed by atoms with Crippen molar-refractivity contribution in [3.05, 3.63) is 23.8 Å². The number of hydrogen-bond acceptors (Lipinski definition) is 11. The molecule has 0 aromatic rings. The number of fused-ring (bicyclic) bond motifs is 5. The number of ketones is 2. The average molecular weight is 599 g/mol. The summed E-state index contributed by atoms with van der Waals surface area (Å²) in [5, 5.41) is 42.4. The summed E-state index contributed by atoms with van der Waals surface area (Å²) in [5.41, 5.74) is -2.81. The molecule has 0 aromatic heterocycles. The van der Waals surface area contributed by atoms with E-state index in [1.807, 2.05) is 6.92 Å². The SMILES string of the molecule is C[C@H]1C[C@H]2[C@@H]3CCC4=CC(=O)C=C[C@]4(C)[C@@]3(Cl)[C@@H](O)C[C@]2(C)C1(O)C(=O)COC(=O)CNC(=O)CCCON(O)O. The Morgan fingerprint density at radius 1 is 1.22 bits per heavy atom.